The molecule has 0 radical (unpaired) electrons. The van der Waals surface area contributed by atoms with Gasteiger partial charge in [-0.2, -0.15) is 0 Å². The fourth-order valence-electron chi connectivity index (χ4n) is 2.03. The maximum atomic E-state index is 11.8. The van der Waals surface area contributed by atoms with E-state index in [0.29, 0.717) is 11.6 Å². The van der Waals surface area contributed by atoms with Crippen molar-refractivity contribution in [1.82, 2.24) is 0 Å². The average Bonchev–Trinajstić information content (AvgIpc) is 2.82. The van der Waals surface area contributed by atoms with E-state index in [1.165, 1.54) is 0 Å². The minimum Gasteiger partial charge on any atom is -0.402 e. The predicted octanol–water partition coefficient (Wildman–Crippen LogP) is 3.15. The van der Waals surface area contributed by atoms with E-state index in [2.05, 4.69) is 11.1 Å². The third-order valence-electron chi connectivity index (χ3n) is 3.01. The lowest BCUT2D eigenvalue weighted by atomic mass is 10.0. The Bertz CT molecular complexity index is 621. The summed E-state index contributed by atoms with van der Waals surface area (Å²) in [6.07, 6.45) is 9.84. The molecule has 0 amide bonds. The summed E-state index contributed by atoms with van der Waals surface area (Å²) >= 11 is 0. The largest absolute Gasteiger partial charge is 0.402 e. The van der Waals surface area contributed by atoms with E-state index < -0.39 is 0 Å². The molecule has 0 atom stereocenters. The Labute approximate surface area is 111 Å². The highest BCUT2D eigenvalue weighted by molar-refractivity contribution is 6.11. The fraction of sp³-hybridized carbons (Fsp3) is 0.125. The summed E-state index contributed by atoms with van der Waals surface area (Å²) in [4.78, 5) is 16.1. The Morgan fingerprint density at radius 1 is 1.21 bits per heavy atom. The molecular weight excluding hydrogens is 238 g/mol. The Hall–Kier alpha value is -2.42. The number of cyclic esters (lactones) is 1. The highest BCUT2D eigenvalue weighted by Crippen LogP contribution is 2.21. The first-order valence-electron chi connectivity index (χ1n) is 6.26. The van der Waals surface area contributed by atoms with Gasteiger partial charge in [0.15, 0.2) is 5.70 Å². The van der Waals surface area contributed by atoms with Crippen molar-refractivity contribution in [2.75, 3.05) is 0 Å². The second kappa shape index (κ2) is 5.06. The molecule has 3 nitrogen and oxygen atoms in total. The van der Waals surface area contributed by atoms with Crippen LogP contribution in [0.4, 0.5) is 0 Å². The lowest BCUT2D eigenvalue weighted by molar-refractivity contribution is -0.130. The van der Waals surface area contributed by atoms with Crippen LogP contribution in [0.1, 0.15) is 18.4 Å². The van der Waals surface area contributed by atoms with E-state index in [9.17, 15) is 4.79 Å². The van der Waals surface area contributed by atoms with Crippen LogP contribution in [0.25, 0.3) is 0 Å². The van der Waals surface area contributed by atoms with Crippen molar-refractivity contribution in [3.05, 3.63) is 71.5 Å². The zero-order valence-corrected chi connectivity index (χ0v) is 10.4. The molecule has 3 heteroatoms. The fourth-order valence-corrected chi connectivity index (χ4v) is 2.03. The summed E-state index contributed by atoms with van der Waals surface area (Å²) < 4.78 is 5.20. The van der Waals surface area contributed by atoms with Crippen molar-refractivity contribution in [2.45, 2.75) is 12.8 Å². The van der Waals surface area contributed by atoms with Crippen LogP contribution in [-0.4, -0.2) is 11.9 Å². The zero-order chi connectivity index (χ0) is 13.1. The molecule has 0 unspecified atom stereocenters. The molecule has 19 heavy (non-hydrogen) atoms. The number of hydrogen-bond donors (Lipinski definition) is 0. The quantitative estimate of drug-likeness (QED) is 0.598. The molecule has 0 aromatic heterocycles. The first-order valence-corrected chi connectivity index (χ1v) is 6.26. The van der Waals surface area contributed by atoms with E-state index >= 15 is 0 Å². The summed E-state index contributed by atoms with van der Waals surface area (Å²) in [7, 11) is 0. The first kappa shape index (κ1) is 11.7. The van der Waals surface area contributed by atoms with Gasteiger partial charge in [-0.1, -0.05) is 36.4 Å². The van der Waals surface area contributed by atoms with Gasteiger partial charge in [-0.05, 0) is 36.6 Å². The second-order valence-corrected chi connectivity index (χ2v) is 4.41. The standard InChI is InChI=1S/C16H13NO2/c18-16-14(11-12-7-3-1-4-8-12)17-15(19-16)13-9-5-2-6-10-13/h1-3,5-7,9-11H,4,8H2/b14-11+. The molecule has 1 heterocycles. The van der Waals surface area contributed by atoms with Gasteiger partial charge in [0.25, 0.3) is 0 Å². The van der Waals surface area contributed by atoms with Crippen LogP contribution in [0.3, 0.4) is 0 Å². The summed E-state index contributed by atoms with van der Waals surface area (Å²) in [6.45, 7) is 0. The Kier molecular flexibility index (Phi) is 3.11. The normalized spacial score (nSPS) is 20.2. The number of carbonyl (C=O) groups excluding carboxylic acids is 1. The summed E-state index contributed by atoms with van der Waals surface area (Å²) in [5.41, 5.74) is 2.30. The van der Waals surface area contributed by atoms with Gasteiger partial charge in [-0.15, -0.1) is 0 Å². The number of hydrogen-bond acceptors (Lipinski definition) is 3. The smallest absolute Gasteiger partial charge is 0.363 e. The minimum absolute atomic E-state index is 0.375. The number of carbonyl (C=O) groups is 1. The van der Waals surface area contributed by atoms with Crippen molar-refractivity contribution in [3.8, 4) is 0 Å². The highest BCUT2D eigenvalue weighted by atomic mass is 16.6. The van der Waals surface area contributed by atoms with Crippen molar-refractivity contribution >= 4 is 11.9 Å². The Morgan fingerprint density at radius 2 is 2.05 bits per heavy atom. The van der Waals surface area contributed by atoms with E-state index in [1.54, 1.807) is 0 Å². The van der Waals surface area contributed by atoms with Gasteiger partial charge >= 0.3 is 5.97 Å². The lowest BCUT2D eigenvalue weighted by Crippen LogP contribution is -2.05. The molecule has 0 N–H and O–H groups in total. The molecule has 0 spiro atoms. The van der Waals surface area contributed by atoms with Crippen molar-refractivity contribution in [2.24, 2.45) is 4.99 Å². The van der Waals surface area contributed by atoms with Crippen LogP contribution >= 0.6 is 0 Å². The Morgan fingerprint density at radius 3 is 2.79 bits per heavy atom. The van der Waals surface area contributed by atoms with Gasteiger partial charge in [0.2, 0.25) is 5.90 Å². The van der Waals surface area contributed by atoms with Crippen LogP contribution in [0.2, 0.25) is 0 Å². The number of nitrogens with zero attached hydrogens (tertiary/aromatic N) is 1. The maximum absolute atomic E-state index is 11.8. The average molecular weight is 251 g/mol. The molecule has 1 aromatic rings. The molecule has 94 valence electrons. The predicted molar refractivity (Wildman–Crippen MR) is 73.6 cm³/mol. The van der Waals surface area contributed by atoms with Gasteiger partial charge in [-0.3, -0.25) is 0 Å². The second-order valence-electron chi connectivity index (χ2n) is 4.41. The van der Waals surface area contributed by atoms with Gasteiger partial charge in [-0.25, -0.2) is 9.79 Å². The molecule has 2 aliphatic rings. The van der Waals surface area contributed by atoms with Crippen LogP contribution in [0, 0.1) is 0 Å². The number of allylic oxidation sites excluding steroid dienone is 5. The minimum atomic E-state index is -0.380. The van der Waals surface area contributed by atoms with E-state index in [-0.39, 0.29) is 5.97 Å². The maximum Gasteiger partial charge on any atom is 0.363 e. The summed E-state index contributed by atoms with van der Waals surface area (Å²) in [6, 6.07) is 9.44. The monoisotopic (exact) mass is 251 g/mol. The number of esters is 1. The van der Waals surface area contributed by atoms with Gasteiger partial charge in [0.05, 0.1) is 0 Å². The van der Waals surface area contributed by atoms with Crippen molar-refractivity contribution < 1.29 is 9.53 Å². The molecule has 0 bridgehead atoms. The molecule has 0 saturated carbocycles. The molecule has 3 rings (SSSR count). The van der Waals surface area contributed by atoms with Crippen LogP contribution < -0.4 is 0 Å². The summed E-state index contributed by atoms with van der Waals surface area (Å²) in [5, 5.41) is 0. The number of rotatable bonds is 2. The number of aliphatic imine (C=N–C) groups is 1. The van der Waals surface area contributed by atoms with Crippen molar-refractivity contribution in [1.29, 1.82) is 0 Å². The van der Waals surface area contributed by atoms with E-state index in [1.807, 2.05) is 48.6 Å². The van der Waals surface area contributed by atoms with Gasteiger partial charge < -0.3 is 4.74 Å². The number of benzene rings is 1. The van der Waals surface area contributed by atoms with Gasteiger partial charge in [0, 0.05) is 5.56 Å². The third-order valence-corrected chi connectivity index (χ3v) is 3.01. The highest BCUT2D eigenvalue weighted by Gasteiger charge is 2.24. The van der Waals surface area contributed by atoms with Crippen LogP contribution in [0.15, 0.2) is 70.9 Å². The molecule has 1 aliphatic carbocycles. The molecule has 0 fully saturated rings. The zero-order valence-electron chi connectivity index (χ0n) is 10.4. The first-order chi connectivity index (χ1) is 9.33. The molecule has 0 saturated heterocycles. The molecular formula is C16H13NO2. The Balaban J connectivity index is 1.89. The van der Waals surface area contributed by atoms with Crippen LogP contribution in [-0.2, 0) is 9.53 Å². The molecule has 1 aromatic carbocycles. The molecule has 1 aliphatic heterocycles. The topological polar surface area (TPSA) is 38.7 Å². The SMILES string of the molecule is O=C1OC(c2ccccc2)=N/C1=C/C1=CC=CCC1. The van der Waals surface area contributed by atoms with Crippen molar-refractivity contribution in [3.63, 3.8) is 0 Å². The van der Waals surface area contributed by atoms with E-state index in [0.717, 1.165) is 24.0 Å². The summed E-state index contributed by atoms with van der Waals surface area (Å²) in [5.74, 6) is -0.00175. The van der Waals surface area contributed by atoms with E-state index in [4.69, 9.17) is 4.74 Å². The third kappa shape index (κ3) is 2.55. The van der Waals surface area contributed by atoms with Crippen LogP contribution in [0.5, 0.6) is 0 Å². The lowest BCUT2D eigenvalue weighted by Gasteiger charge is -2.02. The number of ether oxygens (including phenoxy) is 1. The van der Waals surface area contributed by atoms with Gasteiger partial charge in [0.1, 0.15) is 0 Å².